The molecule has 0 saturated carbocycles. The number of nitrogens with one attached hydrogen (secondary N) is 2. The molecule has 0 aliphatic carbocycles. The van der Waals surface area contributed by atoms with Crippen molar-refractivity contribution in [3.63, 3.8) is 0 Å². The van der Waals surface area contributed by atoms with Crippen LogP contribution in [0.25, 0.3) is 11.3 Å². The molecule has 4 heterocycles. The Bertz CT molecular complexity index is 1270. The first-order valence-electron chi connectivity index (χ1n) is 11.5. The van der Waals surface area contributed by atoms with Crippen molar-refractivity contribution in [3.05, 3.63) is 53.7 Å². The smallest absolute Gasteiger partial charge is 0.209 e. The minimum atomic E-state index is 0.0453. The third-order valence-corrected chi connectivity index (χ3v) is 6.57. The Hall–Kier alpha value is -3.42. The van der Waals surface area contributed by atoms with E-state index in [0.29, 0.717) is 40.6 Å². The van der Waals surface area contributed by atoms with Crippen LogP contribution in [0, 0.1) is 29.1 Å². The number of fused-ring (bicyclic) bond motifs is 1. The van der Waals surface area contributed by atoms with Gasteiger partial charge in [-0.15, -0.1) is 3.89 Å². The summed E-state index contributed by atoms with van der Waals surface area (Å²) in [6.07, 6.45) is 2.91. The summed E-state index contributed by atoms with van der Waals surface area (Å²) in [5.41, 5.74) is 2.15. The van der Waals surface area contributed by atoms with Crippen molar-refractivity contribution >= 4 is 30.2 Å². The normalized spacial score (nSPS) is 18.9. The molecule has 2 saturated heterocycles. The maximum Gasteiger partial charge on any atom is 0.209 e. The van der Waals surface area contributed by atoms with E-state index in [1.165, 1.54) is 10.2 Å². The first-order valence-corrected chi connectivity index (χ1v) is 12.2. The summed E-state index contributed by atoms with van der Waals surface area (Å²) < 4.78 is 20.5. The lowest BCUT2D eigenvalue weighted by molar-refractivity contribution is 0.177. The predicted octanol–water partition coefficient (Wildman–Crippen LogP) is 4.02. The lowest BCUT2D eigenvalue weighted by Gasteiger charge is -2.22. The number of halogens is 1. The molecule has 180 valence electrons. The second kappa shape index (κ2) is 10.1. The van der Waals surface area contributed by atoms with Crippen LogP contribution in [0.2, 0.25) is 0 Å². The van der Waals surface area contributed by atoms with Crippen molar-refractivity contribution in [1.29, 1.82) is 5.41 Å². The van der Waals surface area contributed by atoms with E-state index in [-0.39, 0.29) is 24.2 Å². The maximum atomic E-state index is 13.6. The fraction of sp³-hybridized carbons (Fsp3) is 0.360. The Morgan fingerprint density at radius 1 is 1.14 bits per heavy atom. The molecule has 0 bridgehead atoms. The maximum absolute atomic E-state index is 13.6. The Morgan fingerprint density at radius 2 is 1.89 bits per heavy atom. The highest BCUT2D eigenvalue weighted by Gasteiger charge is 2.38. The van der Waals surface area contributed by atoms with Crippen LogP contribution in [0.1, 0.15) is 31.1 Å². The molecule has 2 atom stereocenters. The quantitative estimate of drug-likeness (QED) is 0.397. The minimum Gasteiger partial charge on any atom is -0.381 e. The number of anilines is 2. The van der Waals surface area contributed by atoms with Crippen molar-refractivity contribution in [2.45, 2.75) is 19.9 Å². The van der Waals surface area contributed by atoms with Gasteiger partial charge in [0.1, 0.15) is 11.6 Å². The summed E-state index contributed by atoms with van der Waals surface area (Å²) >= 11 is 0.0453. The molecule has 10 heteroatoms. The van der Waals surface area contributed by atoms with Crippen LogP contribution >= 0.6 is 12.3 Å². The zero-order valence-corrected chi connectivity index (χ0v) is 20.3. The van der Waals surface area contributed by atoms with Crippen LogP contribution < -0.4 is 10.2 Å². The number of rotatable bonds is 6. The SMILES string of the molecule is CC(C)Nc1nc(C#Cc2nc(-c3ccccc3)cn2SF)nc(N2C[C@H]3COC[C@H]3C2)c1C=N. The van der Waals surface area contributed by atoms with Crippen LogP contribution in [-0.2, 0) is 4.74 Å². The van der Waals surface area contributed by atoms with Gasteiger partial charge in [0.05, 0.1) is 24.5 Å². The van der Waals surface area contributed by atoms with E-state index in [1.807, 2.05) is 44.2 Å². The van der Waals surface area contributed by atoms with Crippen molar-refractivity contribution in [2.75, 3.05) is 36.5 Å². The minimum absolute atomic E-state index is 0.0453. The highest BCUT2D eigenvalue weighted by atomic mass is 32.2. The number of imidazole rings is 1. The molecule has 2 fully saturated rings. The van der Waals surface area contributed by atoms with Gasteiger partial charge in [-0.1, -0.05) is 30.3 Å². The molecule has 0 amide bonds. The third kappa shape index (κ3) is 4.88. The summed E-state index contributed by atoms with van der Waals surface area (Å²) in [6.45, 7) is 7.17. The number of hydrogen-bond donors (Lipinski definition) is 2. The summed E-state index contributed by atoms with van der Waals surface area (Å²) in [4.78, 5) is 16.0. The fourth-order valence-electron chi connectivity index (χ4n) is 4.49. The monoisotopic (exact) mass is 491 g/mol. The van der Waals surface area contributed by atoms with Crippen molar-refractivity contribution in [2.24, 2.45) is 11.8 Å². The first-order chi connectivity index (χ1) is 17.1. The molecule has 1 aromatic carbocycles. The highest BCUT2D eigenvalue weighted by Crippen LogP contribution is 2.34. The van der Waals surface area contributed by atoms with Gasteiger partial charge >= 0.3 is 0 Å². The van der Waals surface area contributed by atoms with Gasteiger partial charge in [-0.3, -0.25) is 0 Å². The van der Waals surface area contributed by atoms with E-state index in [4.69, 9.17) is 15.1 Å². The molecule has 2 aliphatic rings. The lowest BCUT2D eigenvalue weighted by atomic mass is 10.0. The topological polar surface area (TPSA) is 92.0 Å². The molecule has 2 aromatic heterocycles. The van der Waals surface area contributed by atoms with Crippen molar-refractivity contribution in [3.8, 4) is 23.1 Å². The van der Waals surface area contributed by atoms with Crippen molar-refractivity contribution in [1.82, 2.24) is 18.9 Å². The van der Waals surface area contributed by atoms with Crippen LogP contribution in [-0.4, -0.2) is 57.5 Å². The number of ether oxygens (including phenoxy) is 1. The largest absolute Gasteiger partial charge is 0.381 e. The first kappa shape index (κ1) is 23.3. The van der Waals surface area contributed by atoms with Gasteiger partial charge in [0.2, 0.25) is 5.82 Å². The molecule has 0 spiro atoms. The molecule has 8 nitrogen and oxygen atoms in total. The van der Waals surface area contributed by atoms with Crippen LogP contribution in [0.5, 0.6) is 0 Å². The van der Waals surface area contributed by atoms with Gasteiger partial charge in [0.15, 0.2) is 18.2 Å². The average molecular weight is 492 g/mol. The van der Waals surface area contributed by atoms with Gasteiger partial charge in [0, 0.05) is 48.9 Å². The fourth-order valence-corrected chi connectivity index (χ4v) is 4.78. The van der Waals surface area contributed by atoms with Crippen LogP contribution in [0.3, 0.4) is 0 Å². The van der Waals surface area contributed by atoms with E-state index in [9.17, 15) is 3.89 Å². The molecule has 0 radical (unpaired) electrons. The second-order valence-corrected chi connectivity index (χ2v) is 9.53. The Kier molecular flexibility index (Phi) is 6.70. The summed E-state index contributed by atoms with van der Waals surface area (Å²) in [7, 11) is 0. The summed E-state index contributed by atoms with van der Waals surface area (Å²) in [6, 6.07) is 9.67. The number of benzene rings is 1. The average Bonchev–Trinajstić information content (AvgIpc) is 3.57. The molecule has 0 unspecified atom stereocenters. The van der Waals surface area contributed by atoms with E-state index < -0.39 is 0 Å². The zero-order chi connectivity index (χ0) is 24.4. The van der Waals surface area contributed by atoms with Gasteiger partial charge in [-0.05, 0) is 25.7 Å². The Labute approximate surface area is 208 Å². The molecule has 3 aromatic rings. The van der Waals surface area contributed by atoms with Gasteiger partial charge in [0.25, 0.3) is 0 Å². The number of hydrogen-bond acceptors (Lipinski definition) is 8. The molecule has 2 N–H and O–H groups in total. The van der Waals surface area contributed by atoms with Gasteiger partial charge in [-0.25, -0.2) is 18.9 Å². The van der Waals surface area contributed by atoms with Crippen LogP contribution in [0.15, 0.2) is 36.5 Å². The molecule has 35 heavy (non-hydrogen) atoms. The van der Waals surface area contributed by atoms with E-state index in [2.05, 4.69) is 32.0 Å². The Balaban J connectivity index is 1.52. The predicted molar refractivity (Wildman–Crippen MR) is 136 cm³/mol. The summed E-state index contributed by atoms with van der Waals surface area (Å²) in [5, 5.41) is 11.4. The number of aromatic nitrogens is 4. The van der Waals surface area contributed by atoms with E-state index in [0.717, 1.165) is 31.9 Å². The van der Waals surface area contributed by atoms with Gasteiger partial charge in [-0.2, -0.15) is 0 Å². The summed E-state index contributed by atoms with van der Waals surface area (Å²) in [5.74, 6) is 8.65. The van der Waals surface area contributed by atoms with E-state index >= 15 is 0 Å². The van der Waals surface area contributed by atoms with Gasteiger partial charge < -0.3 is 20.4 Å². The zero-order valence-electron chi connectivity index (χ0n) is 19.5. The van der Waals surface area contributed by atoms with Crippen LogP contribution in [0.4, 0.5) is 15.5 Å². The second-order valence-electron chi connectivity index (χ2n) is 9.00. The Morgan fingerprint density at radius 3 is 2.54 bits per heavy atom. The van der Waals surface area contributed by atoms with E-state index in [1.54, 1.807) is 6.20 Å². The molecule has 5 rings (SSSR count). The molecular weight excluding hydrogens is 465 g/mol. The molecular formula is C25H26FN7OS. The third-order valence-electron chi connectivity index (χ3n) is 6.14. The lowest BCUT2D eigenvalue weighted by Crippen LogP contribution is -2.26. The number of nitrogens with zero attached hydrogens (tertiary/aromatic N) is 5. The highest BCUT2D eigenvalue weighted by molar-refractivity contribution is 7.92. The van der Waals surface area contributed by atoms with Crippen molar-refractivity contribution < 1.29 is 8.62 Å². The standard InChI is InChI=1S/C25H26FN7OS/c1-16(2)28-24-20(10-27)25(32-11-18-14-34-15-19(18)12-32)31-22(30-24)8-9-23-29-21(13-33(23)35-26)17-6-4-3-5-7-17/h3-7,10,13,16,18-19,27H,11-12,14-15H2,1-2H3,(H,28,30,31)/t18-,19+. The molecule has 2 aliphatic heterocycles.